The average molecular weight is 236 g/mol. The second-order valence-corrected chi connectivity index (χ2v) is 4.97. The Morgan fingerprint density at radius 3 is 2.53 bits per heavy atom. The summed E-state index contributed by atoms with van der Waals surface area (Å²) in [5.74, 6) is -0.238. The van der Waals surface area contributed by atoms with E-state index in [-0.39, 0.29) is 18.6 Å². The minimum atomic E-state index is -0.432. The maximum atomic E-state index is 11.5. The lowest BCUT2D eigenvalue weighted by atomic mass is 10.1. The number of rotatable bonds is 4. The van der Waals surface area contributed by atoms with E-state index in [9.17, 15) is 4.79 Å². The van der Waals surface area contributed by atoms with Gasteiger partial charge >= 0.3 is 5.97 Å². The molecule has 1 N–H and O–H groups in total. The van der Waals surface area contributed by atoms with Gasteiger partial charge in [-0.25, -0.2) is 0 Å². The van der Waals surface area contributed by atoms with Gasteiger partial charge in [-0.15, -0.1) is 0 Å². The number of hydrogen-bond acceptors (Lipinski definition) is 4. The number of nitrogens with one attached hydrogen (secondary N) is 1. The maximum Gasteiger partial charge on any atom is 0.320 e. The van der Waals surface area contributed by atoms with Crippen LogP contribution in [0.2, 0.25) is 0 Å². The molecule has 1 rings (SSSR count). The van der Waals surface area contributed by atoms with Crippen molar-refractivity contribution < 1.29 is 9.53 Å². The second-order valence-electron chi connectivity index (χ2n) is 4.97. The molecular formula is C13H20N2O2. The summed E-state index contributed by atoms with van der Waals surface area (Å²) >= 11 is 0. The lowest BCUT2D eigenvalue weighted by Crippen LogP contribution is -2.32. The van der Waals surface area contributed by atoms with E-state index in [4.69, 9.17) is 4.74 Å². The van der Waals surface area contributed by atoms with Crippen molar-refractivity contribution in [3.05, 3.63) is 30.1 Å². The van der Waals surface area contributed by atoms with E-state index >= 15 is 0 Å². The van der Waals surface area contributed by atoms with Crippen LogP contribution in [0.25, 0.3) is 0 Å². The Morgan fingerprint density at radius 2 is 2.00 bits per heavy atom. The predicted octanol–water partition coefficient (Wildman–Crippen LogP) is 2.07. The zero-order chi connectivity index (χ0) is 12.9. The Bertz CT molecular complexity index is 357. The summed E-state index contributed by atoms with van der Waals surface area (Å²) in [7, 11) is 0. The van der Waals surface area contributed by atoms with Gasteiger partial charge in [0.1, 0.15) is 5.60 Å². The second kappa shape index (κ2) is 5.77. The van der Waals surface area contributed by atoms with Gasteiger partial charge in [0.15, 0.2) is 0 Å². The summed E-state index contributed by atoms with van der Waals surface area (Å²) in [6.45, 7) is 7.78. The van der Waals surface area contributed by atoms with Crippen LogP contribution >= 0.6 is 0 Å². The number of carbonyl (C=O) groups excluding carboxylic acids is 1. The Morgan fingerprint density at radius 1 is 1.41 bits per heavy atom. The molecule has 1 aromatic rings. The Balaban J connectivity index is 2.39. The van der Waals surface area contributed by atoms with Crippen LogP contribution in [0.15, 0.2) is 24.5 Å². The van der Waals surface area contributed by atoms with E-state index in [1.165, 1.54) is 0 Å². The van der Waals surface area contributed by atoms with Gasteiger partial charge in [-0.05, 0) is 45.4 Å². The summed E-state index contributed by atoms with van der Waals surface area (Å²) in [4.78, 5) is 15.4. The van der Waals surface area contributed by atoms with E-state index in [1.807, 2.05) is 39.8 Å². The summed E-state index contributed by atoms with van der Waals surface area (Å²) in [5, 5.41) is 3.12. The van der Waals surface area contributed by atoms with Crippen LogP contribution < -0.4 is 5.32 Å². The lowest BCUT2D eigenvalue weighted by molar-refractivity contribution is -0.153. The third kappa shape index (κ3) is 5.45. The zero-order valence-electron chi connectivity index (χ0n) is 10.9. The fourth-order valence-corrected chi connectivity index (χ4v) is 1.38. The molecule has 94 valence electrons. The molecule has 0 saturated carbocycles. The monoisotopic (exact) mass is 236 g/mol. The zero-order valence-corrected chi connectivity index (χ0v) is 10.9. The number of carbonyl (C=O) groups is 1. The molecule has 0 aliphatic rings. The molecule has 0 aromatic carbocycles. The van der Waals surface area contributed by atoms with Crippen LogP contribution in [-0.4, -0.2) is 23.1 Å². The number of aromatic nitrogens is 1. The molecule has 0 aliphatic carbocycles. The van der Waals surface area contributed by atoms with Crippen molar-refractivity contribution >= 4 is 5.97 Å². The fraction of sp³-hybridized carbons (Fsp3) is 0.538. The highest BCUT2D eigenvalue weighted by Crippen LogP contribution is 2.10. The molecule has 0 aliphatic heterocycles. The van der Waals surface area contributed by atoms with Gasteiger partial charge in [-0.3, -0.25) is 9.78 Å². The third-order valence-electron chi connectivity index (χ3n) is 2.18. The van der Waals surface area contributed by atoms with Crippen molar-refractivity contribution in [2.24, 2.45) is 0 Å². The number of esters is 1. The summed E-state index contributed by atoms with van der Waals surface area (Å²) in [6.07, 6.45) is 3.47. The molecule has 0 fully saturated rings. The van der Waals surface area contributed by atoms with Crippen molar-refractivity contribution in [2.45, 2.75) is 39.3 Å². The molecule has 0 amide bonds. The lowest BCUT2D eigenvalue weighted by Gasteiger charge is -2.20. The van der Waals surface area contributed by atoms with Crippen molar-refractivity contribution in [3.63, 3.8) is 0 Å². The number of hydrogen-bond donors (Lipinski definition) is 1. The van der Waals surface area contributed by atoms with E-state index in [2.05, 4.69) is 10.3 Å². The SMILES string of the molecule is C[C@H](NCC(=O)OC(C)(C)C)c1ccncc1. The van der Waals surface area contributed by atoms with Crippen LogP contribution in [0.4, 0.5) is 0 Å². The summed E-state index contributed by atoms with van der Waals surface area (Å²) in [5.41, 5.74) is 0.669. The maximum absolute atomic E-state index is 11.5. The predicted molar refractivity (Wildman–Crippen MR) is 66.5 cm³/mol. The highest BCUT2D eigenvalue weighted by Gasteiger charge is 2.16. The molecule has 0 radical (unpaired) electrons. The van der Waals surface area contributed by atoms with E-state index < -0.39 is 5.60 Å². The molecule has 0 saturated heterocycles. The smallest absolute Gasteiger partial charge is 0.320 e. The normalized spacial score (nSPS) is 13.2. The van der Waals surface area contributed by atoms with Gasteiger partial charge < -0.3 is 10.1 Å². The third-order valence-corrected chi connectivity index (χ3v) is 2.18. The molecule has 0 unspecified atom stereocenters. The van der Waals surface area contributed by atoms with E-state index in [0.29, 0.717) is 0 Å². The van der Waals surface area contributed by atoms with Gasteiger partial charge in [0.2, 0.25) is 0 Å². The topological polar surface area (TPSA) is 51.2 Å². The minimum Gasteiger partial charge on any atom is -0.459 e. The van der Waals surface area contributed by atoms with Gasteiger partial charge in [-0.1, -0.05) is 0 Å². The quantitative estimate of drug-likeness (QED) is 0.813. The first-order valence-electron chi connectivity index (χ1n) is 5.73. The molecule has 1 aromatic heterocycles. The molecule has 0 spiro atoms. The molecule has 0 bridgehead atoms. The number of pyridine rings is 1. The van der Waals surface area contributed by atoms with Gasteiger partial charge in [-0.2, -0.15) is 0 Å². The molecule has 17 heavy (non-hydrogen) atoms. The first kappa shape index (κ1) is 13.6. The number of nitrogens with zero attached hydrogens (tertiary/aromatic N) is 1. The fourth-order valence-electron chi connectivity index (χ4n) is 1.38. The molecular weight excluding hydrogens is 216 g/mol. The van der Waals surface area contributed by atoms with Gasteiger partial charge in [0, 0.05) is 18.4 Å². The minimum absolute atomic E-state index is 0.102. The van der Waals surface area contributed by atoms with Gasteiger partial charge in [0.25, 0.3) is 0 Å². The first-order valence-corrected chi connectivity index (χ1v) is 5.73. The highest BCUT2D eigenvalue weighted by atomic mass is 16.6. The van der Waals surface area contributed by atoms with Crippen LogP contribution in [0.3, 0.4) is 0 Å². The van der Waals surface area contributed by atoms with Gasteiger partial charge in [0.05, 0.1) is 6.54 Å². The van der Waals surface area contributed by atoms with Crippen molar-refractivity contribution in [3.8, 4) is 0 Å². The van der Waals surface area contributed by atoms with E-state index in [0.717, 1.165) is 5.56 Å². The largest absolute Gasteiger partial charge is 0.459 e. The Hall–Kier alpha value is -1.42. The molecule has 1 heterocycles. The van der Waals surface area contributed by atoms with Crippen molar-refractivity contribution in [1.82, 2.24) is 10.3 Å². The summed E-state index contributed by atoms with van der Waals surface area (Å²) in [6, 6.07) is 3.95. The van der Waals surface area contributed by atoms with Crippen LogP contribution in [0.5, 0.6) is 0 Å². The van der Waals surface area contributed by atoms with Crippen LogP contribution in [0, 0.1) is 0 Å². The molecule has 4 heteroatoms. The summed E-state index contributed by atoms with van der Waals surface area (Å²) < 4.78 is 5.21. The van der Waals surface area contributed by atoms with Crippen LogP contribution in [-0.2, 0) is 9.53 Å². The van der Waals surface area contributed by atoms with E-state index in [1.54, 1.807) is 12.4 Å². The first-order chi connectivity index (χ1) is 7.88. The van der Waals surface area contributed by atoms with Crippen molar-refractivity contribution in [1.29, 1.82) is 0 Å². The highest BCUT2D eigenvalue weighted by molar-refractivity contribution is 5.72. The standard InChI is InChI=1S/C13H20N2O2/c1-10(11-5-7-14-8-6-11)15-9-12(16)17-13(2,3)4/h5-8,10,15H,9H2,1-4H3/t10-/m0/s1. The Labute approximate surface area is 102 Å². The molecule has 4 nitrogen and oxygen atoms in total. The van der Waals surface area contributed by atoms with Crippen LogP contribution in [0.1, 0.15) is 39.3 Å². The average Bonchev–Trinajstić information content (AvgIpc) is 2.25. The number of ether oxygens (including phenoxy) is 1. The molecule has 1 atom stereocenters. The van der Waals surface area contributed by atoms with Crippen molar-refractivity contribution in [2.75, 3.05) is 6.54 Å². The Kier molecular flexibility index (Phi) is 4.63.